The highest BCUT2D eigenvalue weighted by Crippen LogP contribution is 2.18. The summed E-state index contributed by atoms with van der Waals surface area (Å²) in [5.41, 5.74) is 1.93. The van der Waals surface area contributed by atoms with Gasteiger partial charge in [-0.15, -0.1) is 22.0 Å². The number of halogens is 1. The molecule has 0 bridgehead atoms. The van der Waals surface area contributed by atoms with Crippen LogP contribution in [0.15, 0.2) is 59.0 Å². The van der Waals surface area contributed by atoms with Gasteiger partial charge in [-0.2, -0.15) is 0 Å². The SMILES string of the molecule is O=C(CSCc1ccc(Cl)cc1)OCc1nnc(-c2ccccc2)o1. The van der Waals surface area contributed by atoms with Crippen LogP contribution in [-0.2, 0) is 21.9 Å². The van der Waals surface area contributed by atoms with Gasteiger partial charge in [-0.05, 0) is 29.8 Å². The average Bonchev–Trinajstić information content (AvgIpc) is 3.11. The Bertz CT molecular complexity index is 822. The number of hydrogen-bond acceptors (Lipinski definition) is 6. The lowest BCUT2D eigenvalue weighted by atomic mass is 10.2. The number of carbonyl (C=O) groups excluding carboxylic acids is 1. The van der Waals surface area contributed by atoms with Gasteiger partial charge in [0, 0.05) is 16.3 Å². The van der Waals surface area contributed by atoms with Gasteiger partial charge < -0.3 is 9.15 Å². The van der Waals surface area contributed by atoms with E-state index in [9.17, 15) is 4.79 Å². The molecule has 0 unspecified atom stereocenters. The molecule has 0 aliphatic carbocycles. The molecule has 0 radical (unpaired) electrons. The van der Waals surface area contributed by atoms with E-state index in [2.05, 4.69) is 10.2 Å². The van der Waals surface area contributed by atoms with E-state index in [-0.39, 0.29) is 24.2 Å². The Labute approximate surface area is 154 Å². The summed E-state index contributed by atoms with van der Waals surface area (Å²) in [6.07, 6.45) is 0. The topological polar surface area (TPSA) is 65.2 Å². The van der Waals surface area contributed by atoms with Crippen LogP contribution in [0.4, 0.5) is 0 Å². The van der Waals surface area contributed by atoms with Crippen LogP contribution in [0.5, 0.6) is 0 Å². The van der Waals surface area contributed by atoms with Gasteiger partial charge in [0.05, 0.1) is 5.75 Å². The van der Waals surface area contributed by atoms with E-state index in [4.69, 9.17) is 20.8 Å². The van der Waals surface area contributed by atoms with E-state index in [0.29, 0.717) is 16.7 Å². The van der Waals surface area contributed by atoms with Crippen LogP contribution in [0.25, 0.3) is 11.5 Å². The summed E-state index contributed by atoms with van der Waals surface area (Å²) < 4.78 is 10.6. The van der Waals surface area contributed by atoms with Crippen molar-refractivity contribution in [3.8, 4) is 11.5 Å². The Morgan fingerprint density at radius 1 is 1.08 bits per heavy atom. The molecule has 25 heavy (non-hydrogen) atoms. The third-order valence-corrected chi connectivity index (χ3v) is 4.48. The number of esters is 1. The molecule has 0 spiro atoms. The Balaban J connectivity index is 1.42. The third-order valence-electron chi connectivity index (χ3n) is 3.25. The minimum Gasteiger partial charge on any atom is -0.455 e. The van der Waals surface area contributed by atoms with E-state index in [1.165, 1.54) is 11.8 Å². The van der Waals surface area contributed by atoms with Gasteiger partial charge in [-0.1, -0.05) is 41.9 Å². The van der Waals surface area contributed by atoms with Gasteiger partial charge >= 0.3 is 5.97 Å². The molecule has 0 atom stereocenters. The smallest absolute Gasteiger partial charge is 0.316 e. The summed E-state index contributed by atoms with van der Waals surface area (Å²) in [5, 5.41) is 8.53. The molecule has 0 fully saturated rings. The van der Waals surface area contributed by atoms with Crippen molar-refractivity contribution in [2.24, 2.45) is 0 Å². The summed E-state index contributed by atoms with van der Waals surface area (Å²) in [5.74, 6) is 1.32. The van der Waals surface area contributed by atoms with E-state index in [0.717, 1.165) is 11.1 Å². The molecule has 0 saturated carbocycles. The molecule has 2 aromatic carbocycles. The molecule has 7 heteroatoms. The molecular weight excluding hydrogens is 360 g/mol. The van der Waals surface area contributed by atoms with Gasteiger partial charge in [-0.3, -0.25) is 4.79 Å². The van der Waals surface area contributed by atoms with E-state index in [1.807, 2.05) is 54.6 Å². The number of carbonyl (C=O) groups is 1. The summed E-state index contributed by atoms with van der Waals surface area (Å²) in [6, 6.07) is 17.0. The Morgan fingerprint density at radius 2 is 1.84 bits per heavy atom. The van der Waals surface area contributed by atoms with Crippen LogP contribution in [-0.4, -0.2) is 21.9 Å². The first-order valence-electron chi connectivity index (χ1n) is 7.56. The number of benzene rings is 2. The number of ether oxygens (including phenoxy) is 1. The molecule has 0 N–H and O–H groups in total. The van der Waals surface area contributed by atoms with E-state index >= 15 is 0 Å². The predicted molar refractivity (Wildman–Crippen MR) is 97.1 cm³/mol. The molecule has 3 aromatic rings. The highest BCUT2D eigenvalue weighted by Gasteiger charge is 2.11. The normalized spacial score (nSPS) is 10.6. The van der Waals surface area contributed by atoms with Crippen LogP contribution in [0.1, 0.15) is 11.5 Å². The predicted octanol–water partition coefficient (Wildman–Crippen LogP) is 4.37. The summed E-state index contributed by atoms with van der Waals surface area (Å²) in [7, 11) is 0. The maximum absolute atomic E-state index is 11.8. The van der Waals surface area contributed by atoms with Crippen molar-refractivity contribution in [1.82, 2.24) is 10.2 Å². The fraction of sp³-hybridized carbons (Fsp3) is 0.167. The summed E-state index contributed by atoms with van der Waals surface area (Å²) >= 11 is 7.31. The molecule has 0 aliphatic rings. The van der Waals surface area contributed by atoms with Crippen LogP contribution in [0.2, 0.25) is 5.02 Å². The lowest BCUT2D eigenvalue weighted by molar-refractivity contribution is -0.142. The highest BCUT2D eigenvalue weighted by atomic mass is 35.5. The number of thioether (sulfide) groups is 1. The van der Waals surface area contributed by atoms with Crippen molar-refractivity contribution in [1.29, 1.82) is 0 Å². The van der Waals surface area contributed by atoms with Crippen LogP contribution >= 0.6 is 23.4 Å². The summed E-state index contributed by atoms with van der Waals surface area (Å²) in [6.45, 7) is -0.0276. The second-order valence-corrected chi connectivity index (χ2v) is 6.57. The Hall–Kier alpha value is -2.31. The molecular formula is C18H15ClN2O3S. The maximum Gasteiger partial charge on any atom is 0.316 e. The fourth-order valence-electron chi connectivity index (χ4n) is 2.03. The monoisotopic (exact) mass is 374 g/mol. The highest BCUT2D eigenvalue weighted by molar-refractivity contribution is 7.99. The largest absolute Gasteiger partial charge is 0.455 e. The maximum atomic E-state index is 11.8. The van der Waals surface area contributed by atoms with Gasteiger partial charge in [0.2, 0.25) is 5.89 Å². The number of rotatable bonds is 7. The first-order valence-corrected chi connectivity index (χ1v) is 9.09. The van der Waals surface area contributed by atoms with Gasteiger partial charge in [0.25, 0.3) is 5.89 Å². The van der Waals surface area contributed by atoms with Crippen molar-refractivity contribution < 1.29 is 13.9 Å². The second kappa shape index (κ2) is 8.69. The van der Waals surface area contributed by atoms with Crippen molar-refractivity contribution in [2.75, 3.05) is 5.75 Å². The number of aromatic nitrogens is 2. The molecule has 128 valence electrons. The van der Waals surface area contributed by atoms with E-state index < -0.39 is 0 Å². The standard InChI is InChI=1S/C18H15ClN2O3S/c19-15-8-6-13(7-9-15)11-25-12-17(22)23-10-16-20-21-18(24-16)14-4-2-1-3-5-14/h1-9H,10-12H2. The zero-order chi connectivity index (χ0) is 17.5. The van der Waals surface area contributed by atoms with Crippen LogP contribution in [0, 0.1) is 0 Å². The zero-order valence-electron chi connectivity index (χ0n) is 13.2. The first kappa shape index (κ1) is 17.5. The summed E-state index contributed by atoms with van der Waals surface area (Å²) in [4.78, 5) is 11.8. The zero-order valence-corrected chi connectivity index (χ0v) is 14.8. The first-order chi connectivity index (χ1) is 12.2. The molecule has 3 rings (SSSR count). The molecule has 0 amide bonds. The quantitative estimate of drug-likeness (QED) is 0.572. The molecule has 0 aliphatic heterocycles. The minimum atomic E-state index is -0.321. The van der Waals surface area contributed by atoms with E-state index in [1.54, 1.807) is 0 Å². The van der Waals surface area contributed by atoms with Crippen LogP contribution < -0.4 is 0 Å². The third kappa shape index (κ3) is 5.34. The van der Waals surface area contributed by atoms with Crippen molar-refractivity contribution in [3.63, 3.8) is 0 Å². The van der Waals surface area contributed by atoms with Crippen molar-refractivity contribution >= 4 is 29.3 Å². The van der Waals surface area contributed by atoms with Gasteiger partial charge in [-0.25, -0.2) is 0 Å². The average molecular weight is 375 g/mol. The number of nitrogens with zero attached hydrogens (tertiary/aromatic N) is 2. The van der Waals surface area contributed by atoms with Gasteiger partial charge in [0.15, 0.2) is 6.61 Å². The lowest BCUT2D eigenvalue weighted by Crippen LogP contribution is -2.07. The molecule has 1 heterocycles. The van der Waals surface area contributed by atoms with Crippen LogP contribution in [0.3, 0.4) is 0 Å². The Morgan fingerprint density at radius 3 is 2.60 bits per heavy atom. The van der Waals surface area contributed by atoms with Crippen molar-refractivity contribution in [3.05, 3.63) is 71.1 Å². The lowest BCUT2D eigenvalue weighted by Gasteiger charge is -2.03. The molecule has 5 nitrogen and oxygen atoms in total. The second-order valence-electron chi connectivity index (χ2n) is 5.15. The fourth-order valence-corrected chi connectivity index (χ4v) is 2.93. The Kier molecular flexibility index (Phi) is 6.09. The number of hydrogen-bond donors (Lipinski definition) is 0. The molecule has 0 saturated heterocycles. The molecule has 1 aromatic heterocycles. The van der Waals surface area contributed by atoms with Gasteiger partial charge in [0.1, 0.15) is 0 Å². The van der Waals surface area contributed by atoms with Crippen molar-refractivity contribution in [2.45, 2.75) is 12.4 Å². The minimum absolute atomic E-state index is 0.0276.